The Morgan fingerprint density at radius 2 is 1.84 bits per heavy atom. The van der Waals surface area contributed by atoms with Crippen LogP contribution in [-0.4, -0.2) is 82.7 Å². The number of ether oxygens (including phenoxy) is 1. The minimum atomic E-state index is -1.36. The summed E-state index contributed by atoms with van der Waals surface area (Å²) in [5, 5.41) is 6.10. The van der Waals surface area contributed by atoms with Crippen LogP contribution < -0.4 is 15.4 Å². The number of benzene rings is 2. The monoisotopic (exact) mass is 618 g/mol. The maximum Gasteiger partial charge on any atom is 0.291 e. The number of rotatable bonds is 8. The lowest BCUT2D eigenvalue weighted by Crippen LogP contribution is -2.51. The van der Waals surface area contributed by atoms with E-state index >= 15 is 0 Å². The van der Waals surface area contributed by atoms with Gasteiger partial charge in [0.25, 0.3) is 11.8 Å². The Kier molecular flexibility index (Phi) is 9.21. The van der Waals surface area contributed by atoms with Gasteiger partial charge in [-0.15, -0.1) is 0 Å². The van der Waals surface area contributed by atoms with Crippen molar-refractivity contribution in [3.8, 4) is 17.0 Å². The molecule has 43 heavy (non-hydrogen) atoms. The first-order chi connectivity index (χ1) is 20.7. The molecule has 2 saturated heterocycles. The molecule has 228 valence electrons. The Hall–Kier alpha value is -4.10. The van der Waals surface area contributed by atoms with Crippen molar-refractivity contribution in [2.45, 2.75) is 25.3 Å². The molecule has 0 bridgehead atoms. The van der Waals surface area contributed by atoms with E-state index in [0.717, 1.165) is 25.5 Å². The molecular weight excluding hydrogens is 589 g/mol. The number of nitrogens with zero attached hydrogens (tertiary/aromatic N) is 4. The average Bonchev–Trinajstić information content (AvgIpc) is 3.65. The summed E-state index contributed by atoms with van der Waals surface area (Å²) in [6.07, 6.45) is 3.74. The van der Waals surface area contributed by atoms with Crippen LogP contribution in [0, 0.1) is 11.6 Å². The number of hydrogen-bond acceptors (Lipinski definition) is 6. The summed E-state index contributed by atoms with van der Waals surface area (Å²) < 4.78 is 47.0. The highest BCUT2D eigenvalue weighted by molar-refractivity contribution is 6.34. The Morgan fingerprint density at radius 1 is 1.09 bits per heavy atom. The van der Waals surface area contributed by atoms with Crippen LogP contribution in [-0.2, 0) is 11.8 Å². The second-order valence-electron chi connectivity index (χ2n) is 10.3. The van der Waals surface area contributed by atoms with Gasteiger partial charge in [0.1, 0.15) is 0 Å². The molecule has 10 nitrogen and oxygen atoms in total. The lowest BCUT2D eigenvalue weighted by molar-refractivity contribution is -0.133. The Bertz CT molecular complexity index is 1540. The predicted octanol–water partition coefficient (Wildman–Crippen LogP) is 4.00. The van der Waals surface area contributed by atoms with E-state index in [9.17, 15) is 27.6 Å². The van der Waals surface area contributed by atoms with Gasteiger partial charge in [0.05, 0.1) is 22.5 Å². The molecule has 0 saturated carbocycles. The molecule has 2 fully saturated rings. The molecule has 2 aliphatic rings. The predicted molar refractivity (Wildman–Crippen MR) is 153 cm³/mol. The molecule has 2 N–H and O–H groups in total. The number of imidazole rings is 1. The first-order valence-corrected chi connectivity index (χ1v) is 14.2. The summed E-state index contributed by atoms with van der Waals surface area (Å²) >= 11 is 6.43. The third kappa shape index (κ3) is 6.47. The second-order valence-corrected chi connectivity index (χ2v) is 10.7. The molecule has 14 heteroatoms. The molecule has 1 atom stereocenters. The van der Waals surface area contributed by atoms with E-state index in [0.29, 0.717) is 32.6 Å². The van der Waals surface area contributed by atoms with Gasteiger partial charge in [-0.25, -0.2) is 13.8 Å². The number of halogens is 4. The zero-order valence-electron chi connectivity index (χ0n) is 23.3. The molecule has 5 rings (SSSR count). The van der Waals surface area contributed by atoms with Crippen LogP contribution >= 0.6 is 11.6 Å². The summed E-state index contributed by atoms with van der Waals surface area (Å²) in [6, 6.07) is 6.96. The van der Waals surface area contributed by atoms with E-state index < -0.39 is 30.2 Å². The molecule has 0 aliphatic carbocycles. The van der Waals surface area contributed by atoms with Gasteiger partial charge in [0, 0.05) is 56.9 Å². The van der Waals surface area contributed by atoms with Crippen molar-refractivity contribution in [1.82, 2.24) is 24.7 Å². The molecule has 3 heterocycles. The number of hydrogen-bond donors (Lipinski definition) is 2. The SMILES string of the molecule is Cn1c(-c2ccc(OCF)c(F)c2F)cnc1C(=O)Nc1ccc(C(=O)N2CCN(C(=O)C[C@@H]3CCCN3)CC2)c(Cl)c1. The summed E-state index contributed by atoms with van der Waals surface area (Å²) in [7, 11) is 1.45. The molecule has 0 unspecified atom stereocenters. The molecule has 3 amide bonds. The number of carbonyl (C=O) groups is 3. The molecule has 0 spiro atoms. The van der Waals surface area contributed by atoms with Crippen LogP contribution in [0.3, 0.4) is 0 Å². The minimum Gasteiger partial charge on any atom is -0.460 e. The Morgan fingerprint density at radius 3 is 2.51 bits per heavy atom. The number of amides is 3. The Balaban J connectivity index is 1.21. The van der Waals surface area contributed by atoms with E-state index in [1.165, 1.54) is 42.1 Å². The summed E-state index contributed by atoms with van der Waals surface area (Å²) in [6.45, 7) is 1.28. The number of piperazine rings is 1. The molecule has 1 aromatic heterocycles. The highest BCUT2D eigenvalue weighted by Crippen LogP contribution is 2.30. The van der Waals surface area contributed by atoms with Gasteiger partial charge in [0.2, 0.25) is 18.6 Å². The van der Waals surface area contributed by atoms with E-state index in [1.54, 1.807) is 9.80 Å². The van der Waals surface area contributed by atoms with Crippen LogP contribution in [0.2, 0.25) is 5.02 Å². The first-order valence-electron chi connectivity index (χ1n) is 13.8. The Labute approximate surface area is 250 Å². The topological polar surface area (TPSA) is 109 Å². The molecule has 3 aromatic rings. The van der Waals surface area contributed by atoms with Crippen LogP contribution in [0.1, 0.15) is 40.2 Å². The lowest BCUT2D eigenvalue weighted by Gasteiger charge is -2.35. The molecular formula is C29H30ClF3N6O4. The fraction of sp³-hybridized carbons (Fsp3) is 0.379. The van der Waals surface area contributed by atoms with Gasteiger partial charge >= 0.3 is 0 Å². The van der Waals surface area contributed by atoms with Gasteiger partial charge < -0.3 is 29.7 Å². The van der Waals surface area contributed by atoms with Crippen LogP contribution in [0.15, 0.2) is 36.5 Å². The molecule has 2 aromatic carbocycles. The zero-order chi connectivity index (χ0) is 30.7. The van der Waals surface area contributed by atoms with Crippen molar-refractivity contribution >= 4 is 35.0 Å². The van der Waals surface area contributed by atoms with Gasteiger partial charge in [0.15, 0.2) is 17.4 Å². The lowest BCUT2D eigenvalue weighted by atomic mass is 10.1. The van der Waals surface area contributed by atoms with Crippen LogP contribution in [0.5, 0.6) is 5.75 Å². The number of anilines is 1. The van der Waals surface area contributed by atoms with Crippen molar-refractivity contribution in [2.75, 3.05) is 44.9 Å². The highest BCUT2D eigenvalue weighted by Gasteiger charge is 2.28. The quantitative estimate of drug-likeness (QED) is 0.395. The number of alkyl halides is 1. The summed E-state index contributed by atoms with van der Waals surface area (Å²) in [5.41, 5.74) is 0.451. The van der Waals surface area contributed by atoms with Crippen molar-refractivity contribution in [1.29, 1.82) is 0 Å². The molecule has 0 radical (unpaired) electrons. The van der Waals surface area contributed by atoms with Crippen LogP contribution in [0.4, 0.5) is 18.9 Å². The van der Waals surface area contributed by atoms with Crippen LogP contribution in [0.25, 0.3) is 11.3 Å². The van der Waals surface area contributed by atoms with Gasteiger partial charge in [-0.05, 0) is 49.7 Å². The standard InChI is InChI=1S/C29H30ClF3N6O4/c1-37-22(20-6-7-23(43-16-31)26(33)25(20)32)15-35-27(37)28(41)36-18-4-5-19(21(30)13-18)29(42)39-11-9-38(10-12-39)24(40)14-17-3-2-8-34-17/h4-7,13,15,17,34H,2-3,8-12,14,16H2,1H3,(H,36,41)/t17-/m0/s1. The van der Waals surface area contributed by atoms with E-state index in [-0.39, 0.29) is 51.2 Å². The summed E-state index contributed by atoms with van der Waals surface area (Å²) in [5.74, 6) is -4.17. The van der Waals surface area contributed by atoms with Crippen molar-refractivity contribution in [2.24, 2.45) is 7.05 Å². The van der Waals surface area contributed by atoms with E-state index in [2.05, 4.69) is 20.4 Å². The maximum atomic E-state index is 14.6. The fourth-order valence-electron chi connectivity index (χ4n) is 5.32. The number of aromatic nitrogens is 2. The largest absolute Gasteiger partial charge is 0.460 e. The van der Waals surface area contributed by atoms with E-state index in [1.807, 2.05) is 0 Å². The second kappa shape index (κ2) is 13.0. The van der Waals surface area contributed by atoms with Crippen molar-refractivity contribution in [3.05, 3.63) is 64.6 Å². The van der Waals surface area contributed by atoms with Crippen molar-refractivity contribution in [3.63, 3.8) is 0 Å². The summed E-state index contributed by atoms with van der Waals surface area (Å²) in [4.78, 5) is 46.2. The zero-order valence-corrected chi connectivity index (χ0v) is 24.1. The normalized spacial score (nSPS) is 16.8. The average molecular weight is 619 g/mol. The third-order valence-corrected chi connectivity index (χ3v) is 8.00. The number of carbonyl (C=O) groups excluding carboxylic acids is 3. The molecule has 2 aliphatic heterocycles. The van der Waals surface area contributed by atoms with Gasteiger partial charge in [-0.3, -0.25) is 14.4 Å². The first kappa shape index (κ1) is 30.4. The van der Waals surface area contributed by atoms with Gasteiger partial charge in [-0.1, -0.05) is 11.6 Å². The fourth-order valence-corrected chi connectivity index (χ4v) is 5.59. The van der Waals surface area contributed by atoms with E-state index in [4.69, 9.17) is 11.6 Å². The third-order valence-electron chi connectivity index (χ3n) is 7.68. The number of nitrogens with one attached hydrogen (secondary N) is 2. The van der Waals surface area contributed by atoms with Crippen molar-refractivity contribution < 1.29 is 32.3 Å². The smallest absolute Gasteiger partial charge is 0.291 e. The van der Waals surface area contributed by atoms with Gasteiger partial charge in [-0.2, -0.15) is 4.39 Å². The highest BCUT2D eigenvalue weighted by atomic mass is 35.5. The maximum absolute atomic E-state index is 14.6. The minimum absolute atomic E-state index is 0.0860.